The van der Waals surface area contributed by atoms with Crippen molar-refractivity contribution >= 4 is 17.8 Å². The van der Waals surface area contributed by atoms with Crippen molar-refractivity contribution in [3.63, 3.8) is 0 Å². The van der Waals surface area contributed by atoms with Gasteiger partial charge in [0.25, 0.3) is 0 Å². The van der Waals surface area contributed by atoms with E-state index in [1.165, 1.54) is 5.69 Å². The Morgan fingerprint density at radius 2 is 1.81 bits per heavy atom. The van der Waals surface area contributed by atoms with Gasteiger partial charge in [0.05, 0.1) is 5.69 Å². The van der Waals surface area contributed by atoms with Gasteiger partial charge in [-0.05, 0) is 32.4 Å². The van der Waals surface area contributed by atoms with Crippen molar-refractivity contribution in [2.24, 2.45) is 4.99 Å². The number of carbonyl (C=O) groups is 1. The Balaban J connectivity index is 1.30. The average molecular weight is 428 g/mol. The molecule has 0 saturated carbocycles. The van der Waals surface area contributed by atoms with Crippen LogP contribution >= 0.6 is 0 Å². The highest BCUT2D eigenvalue weighted by atomic mass is 16.2. The zero-order valence-electron chi connectivity index (χ0n) is 18.7. The predicted octanol–water partition coefficient (Wildman–Crippen LogP) is 0.584. The van der Waals surface area contributed by atoms with Gasteiger partial charge in [-0.15, -0.1) is 0 Å². The first kappa shape index (κ1) is 22.5. The summed E-state index contributed by atoms with van der Waals surface area (Å²) in [6.07, 6.45) is 4.86. The molecule has 0 spiro atoms. The molecule has 1 saturated heterocycles. The fraction of sp³-hybridized carbons (Fsp3) is 0.571. The molecule has 3 heterocycles. The Kier molecular flexibility index (Phi) is 8.19. The van der Waals surface area contributed by atoms with Crippen molar-refractivity contribution in [2.75, 3.05) is 51.2 Å². The van der Waals surface area contributed by atoms with Gasteiger partial charge in [-0.25, -0.2) is 9.97 Å². The first-order valence-corrected chi connectivity index (χ1v) is 10.8. The lowest BCUT2D eigenvalue weighted by Gasteiger charge is -2.34. The molecule has 1 fully saturated rings. The maximum Gasteiger partial charge on any atom is 0.225 e. The minimum Gasteiger partial charge on any atom is -0.356 e. The summed E-state index contributed by atoms with van der Waals surface area (Å²) in [5, 5.41) is 11.0. The molecule has 10 nitrogen and oxygen atoms in total. The van der Waals surface area contributed by atoms with Crippen molar-refractivity contribution in [1.82, 2.24) is 35.3 Å². The number of anilines is 1. The number of hydrogen-bond acceptors (Lipinski definition) is 6. The van der Waals surface area contributed by atoms with Gasteiger partial charge in [-0.1, -0.05) is 0 Å². The van der Waals surface area contributed by atoms with Crippen LogP contribution in [0.2, 0.25) is 0 Å². The van der Waals surface area contributed by atoms with E-state index in [1.807, 2.05) is 16.5 Å². The molecule has 3 rings (SSSR count). The third-order valence-corrected chi connectivity index (χ3v) is 5.26. The fourth-order valence-electron chi connectivity index (χ4n) is 3.61. The first-order valence-electron chi connectivity index (χ1n) is 10.8. The summed E-state index contributed by atoms with van der Waals surface area (Å²) in [5.74, 6) is 1.59. The van der Waals surface area contributed by atoms with Crippen LogP contribution < -0.4 is 15.5 Å². The van der Waals surface area contributed by atoms with E-state index in [2.05, 4.69) is 48.6 Å². The molecule has 2 N–H and O–H groups in total. The lowest BCUT2D eigenvalue weighted by Crippen LogP contribution is -2.50. The lowest BCUT2D eigenvalue weighted by molar-refractivity contribution is -0.131. The van der Waals surface area contributed by atoms with E-state index in [-0.39, 0.29) is 5.91 Å². The molecule has 31 heavy (non-hydrogen) atoms. The summed E-state index contributed by atoms with van der Waals surface area (Å²) in [7, 11) is 1.74. The maximum absolute atomic E-state index is 12.5. The van der Waals surface area contributed by atoms with Gasteiger partial charge in [0, 0.05) is 77.4 Å². The molecular formula is C21H33N9O. The second-order valence-electron chi connectivity index (χ2n) is 7.60. The van der Waals surface area contributed by atoms with E-state index in [1.54, 1.807) is 25.5 Å². The Hall–Kier alpha value is -3.17. The van der Waals surface area contributed by atoms with E-state index in [0.29, 0.717) is 32.0 Å². The third kappa shape index (κ3) is 6.66. The Labute approximate surface area is 183 Å². The molecule has 0 radical (unpaired) electrons. The number of amides is 1. The van der Waals surface area contributed by atoms with Crippen LogP contribution in [0.4, 0.5) is 5.95 Å². The van der Waals surface area contributed by atoms with Crippen molar-refractivity contribution in [3.05, 3.63) is 35.9 Å². The van der Waals surface area contributed by atoms with Crippen LogP contribution in [0, 0.1) is 13.8 Å². The van der Waals surface area contributed by atoms with Gasteiger partial charge in [-0.3, -0.25) is 14.5 Å². The number of carbonyl (C=O) groups excluding carboxylic acids is 1. The van der Waals surface area contributed by atoms with Gasteiger partial charge >= 0.3 is 0 Å². The summed E-state index contributed by atoms with van der Waals surface area (Å²) >= 11 is 0. The average Bonchev–Trinajstić information content (AvgIpc) is 3.12. The van der Waals surface area contributed by atoms with Crippen LogP contribution in [0.25, 0.3) is 0 Å². The summed E-state index contributed by atoms with van der Waals surface area (Å²) < 4.78 is 2.02. The highest BCUT2D eigenvalue weighted by Gasteiger charge is 2.22. The molecule has 0 aliphatic carbocycles. The first-order chi connectivity index (χ1) is 15.1. The van der Waals surface area contributed by atoms with Gasteiger partial charge in [0.2, 0.25) is 11.9 Å². The highest BCUT2D eigenvalue weighted by Crippen LogP contribution is 2.10. The molecule has 1 aliphatic heterocycles. The molecule has 2 aromatic heterocycles. The number of nitrogens with zero attached hydrogens (tertiary/aromatic N) is 7. The third-order valence-electron chi connectivity index (χ3n) is 5.26. The quantitative estimate of drug-likeness (QED) is 0.361. The van der Waals surface area contributed by atoms with Gasteiger partial charge < -0.3 is 20.4 Å². The fourth-order valence-corrected chi connectivity index (χ4v) is 3.61. The van der Waals surface area contributed by atoms with Crippen LogP contribution in [0.15, 0.2) is 29.5 Å². The lowest BCUT2D eigenvalue weighted by atomic mass is 10.3. The summed E-state index contributed by atoms with van der Waals surface area (Å²) in [6, 6.07) is 3.89. The zero-order chi connectivity index (χ0) is 22.1. The van der Waals surface area contributed by atoms with E-state index < -0.39 is 0 Å². The van der Waals surface area contributed by atoms with Crippen LogP contribution in [-0.2, 0) is 11.3 Å². The molecule has 1 aliphatic rings. The maximum atomic E-state index is 12.5. The van der Waals surface area contributed by atoms with E-state index >= 15 is 0 Å². The van der Waals surface area contributed by atoms with E-state index in [4.69, 9.17) is 0 Å². The van der Waals surface area contributed by atoms with Crippen LogP contribution in [0.3, 0.4) is 0 Å². The largest absolute Gasteiger partial charge is 0.356 e. The summed E-state index contributed by atoms with van der Waals surface area (Å²) in [6.45, 7) is 9.17. The second-order valence-corrected chi connectivity index (χ2v) is 7.60. The smallest absolute Gasteiger partial charge is 0.225 e. The van der Waals surface area contributed by atoms with E-state index in [9.17, 15) is 4.79 Å². The van der Waals surface area contributed by atoms with Crippen molar-refractivity contribution < 1.29 is 4.79 Å². The van der Waals surface area contributed by atoms with E-state index in [0.717, 1.165) is 44.2 Å². The number of aromatic nitrogens is 4. The summed E-state index contributed by atoms with van der Waals surface area (Å²) in [4.78, 5) is 29.3. The van der Waals surface area contributed by atoms with Crippen LogP contribution in [-0.4, -0.2) is 82.8 Å². The predicted molar refractivity (Wildman–Crippen MR) is 121 cm³/mol. The number of aryl methyl sites for hydroxylation is 3. The van der Waals surface area contributed by atoms with Gasteiger partial charge in [0.15, 0.2) is 5.96 Å². The molecule has 2 aromatic rings. The molecule has 168 valence electrons. The van der Waals surface area contributed by atoms with Crippen molar-refractivity contribution in [3.8, 4) is 0 Å². The SMILES string of the molecule is CN=C(NCCCn1nc(C)cc1C)NCCC(=O)N1CCN(c2ncccn2)CC1. The molecule has 0 unspecified atom stereocenters. The second kappa shape index (κ2) is 11.3. The van der Waals surface area contributed by atoms with Gasteiger partial charge in [-0.2, -0.15) is 5.10 Å². The van der Waals surface area contributed by atoms with Crippen molar-refractivity contribution in [1.29, 1.82) is 0 Å². The minimum absolute atomic E-state index is 0.154. The van der Waals surface area contributed by atoms with Crippen LogP contribution in [0.5, 0.6) is 0 Å². The molecule has 0 aromatic carbocycles. The molecule has 10 heteroatoms. The normalized spacial score (nSPS) is 14.6. The molecular weight excluding hydrogens is 394 g/mol. The molecule has 1 amide bonds. The number of nitrogens with one attached hydrogen (secondary N) is 2. The Morgan fingerprint density at radius 1 is 1.10 bits per heavy atom. The molecule has 0 bridgehead atoms. The number of rotatable bonds is 8. The standard InChI is InChI=1S/C21H33N9O/c1-17-16-18(2)30(27-17)11-5-9-23-20(22-3)24-10-6-19(31)28-12-14-29(15-13-28)21-25-7-4-8-26-21/h4,7-8,16H,5-6,9-15H2,1-3H3,(H2,22,23,24). The zero-order valence-corrected chi connectivity index (χ0v) is 18.7. The monoisotopic (exact) mass is 427 g/mol. The number of hydrogen-bond donors (Lipinski definition) is 2. The minimum atomic E-state index is 0.154. The Bertz CT molecular complexity index is 857. The Morgan fingerprint density at radius 3 is 2.45 bits per heavy atom. The van der Waals surface area contributed by atoms with Gasteiger partial charge in [0.1, 0.15) is 0 Å². The summed E-state index contributed by atoms with van der Waals surface area (Å²) in [5.41, 5.74) is 2.22. The van der Waals surface area contributed by atoms with Crippen molar-refractivity contribution in [2.45, 2.75) is 33.2 Å². The topological polar surface area (TPSA) is 104 Å². The number of aliphatic imine (C=N–C) groups is 1. The highest BCUT2D eigenvalue weighted by molar-refractivity contribution is 5.81. The van der Waals surface area contributed by atoms with Crippen LogP contribution in [0.1, 0.15) is 24.2 Å². The number of guanidine groups is 1. The molecule has 0 atom stereocenters. The number of piperazine rings is 1.